The lowest BCUT2D eigenvalue weighted by atomic mass is 9.68. The van der Waals surface area contributed by atoms with Gasteiger partial charge in [0, 0.05) is 39.5 Å². The SMILES string of the molecule is C1=CCCC(C2=Cc3ccc(C4=CC(c5cccc6oc7ccccc7c56)=CC(C5=Cc6c(oc7ccc(-c8ccccc8)cc67)C6C=CC=CC56)C4)cc3CC2)=C1. The highest BCUT2D eigenvalue weighted by Gasteiger charge is 2.37. The Morgan fingerprint density at radius 1 is 0.552 bits per heavy atom. The molecule has 5 aromatic carbocycles. The normalized spacial score (nSPS) is 20.9. The number of hydrogen-bond donors (Lipinski definition) is 0. The standard InChI is InChI=1S/C56H42O2/c1-3-12-35(13-4-1)37-22-23-39-29-40(25-24-38(39)28-37)42-30-43(45-19-11-21-54-55(45)48-18-9-10-20-52(48)57-54)32-44(31-42)49-34-51-50-33-41(36-14-5-2-6-15-36)26-27-53(50)58-56(51)47-17-8-7-16-46(47)49/h1-3,5-12,14-21,24-30,32-34,44,46-47H,4,13,22-23,31H2. The average molecular weight is 747 g/mol. The summed E-state index contributed by atoms with van der Waals surface area (Å²) in [7, 11) is 0. The molecule has 5 aliphatic carbocycles. The molecule has 0 bridgehead atoms. The fourth-order valence-corrected chi connectivity index (χ4v) is 10.4. The van der Waals surface area contributed by atoms with Gasteiger partial charge in [-0.05, 0) is 112 Å². The third-order valence-electron chi connectivity index (χ3n) is 13.2. The molecule has 7 aromatic rings. The molecule has 0 radical (unpaired) electrons. The molecule has 2 nitrogen and oxygen atoms in total. The first kappa shape index (κ1) is 33.5. The van der Waals surface area contributed by atoms with Gasteiger partial charge in [0.2, 0.25) is 0 Å². The van der Waals surface area contributed by atoms with Crippen molar-refractivity contribution in [3.05, 3.63) is 214 Å². The minimum atomic E-state index is 0.138. The Hall–Kier alpha value is -6.64. The van der Waals surface area contributed by atoms with Crippen LogP contribution in [0.4, 0.5) is 0 Å². The van der Waals surface area contributed by atoms with E-state index < -0.39 is 0 Å². The molecule has 3 unspecified atom stereocenters. The molecule has 0 N–H and O–H groups in total. The number of hydrogen-bond acceptors (Lipinski definition) is 2. The second-order valence-corrected chi connectivity index (χ2v) is 16.5. The molecule has 12 rings (SSSR count). The van der Waals surface area contributed by atoms with Crippen LogP contribution in [0.25, 0.3) is 67.3 Å². The van der Waals surface area contributed by atoms with Crippen LogP contribution in [0.2, 0.25) is 0 Å². The Morgan fingerprint density at radius 2 is 1.40 bits per heavy atom. The molecule has 2 heterocycles. The number of rotatable bonds is 5. The van der Waals surface area contributed by atoms with E-state index in [1.54, 1.807) is 0 Å². The Morgan fingerprint density at radius 3 is 2.31 bits per heavy atom. The molecule has 5 aliphatic rings. The summed E-state index contributed by atoms with van der Waals surface area (Å²) in [5.74, 6) is 1.59. The molecule has 0 spiro atoms. The van der Waals surface area contributed by atoms with Crippen molar-refractivity contribution >= 4 is 56.2 Å². The minimum Gasteiger partial charge on any atom is -0.460 e. The van der Waals surface area contributed by atoms with Crippen LogP contribution < -0.4 is 0 Å². The van der Waals surface area contributed by atoms with E-state index in [4.69, 9.17) is 8.83 Å². The van der Waals surface area contributed by atoms with E-state index >= 15 is 0 Å². The quantitative estimate of drug-likeness (QED) is 0.175. The Kier molecular flexibility index (Phi) is 7.79. The zero-order chi connectivity index (χ0) is 38.2. The number of benzene rings is 5. The van der Waals surface area contributed by atoms with Crippen molar-refractivity contribution in [2.75, 3.05) is 0 Å². The molecule has 278 valence electrons. The molecule has 2 heteroatoms. The first-order valence-electron chi connectivity index (χ1n) is 20.9. The van der Waals surface area contributed by atoms with Gasteiger partial charge in [-0.25, -0.2) is 0 Å². The lowest BCUT2D eigenvalue weighted by Crippen LogP contribution is -2.23. The van der Waals surface area contributed by atoms with E-state index in [0.29, 0.717) is 0 Å². The van der Waals surface area contributed by atoms with Crippen molar-refractivity contribution in [1.82, 2.24) is 0 Å². The van der Waals surface area contributed by atoms with Crippen molar-refractivity contribution in [2.45, 2.75) is 38.0 Å². The van der Waals surface area contributed by atoms with Crippen LogP contribution in [0.3, 0.4) is 0 Å². The van der Waals surface area contributed by atoms with E-state index in [9.17, 15) is 0 Å². The molecular formula is C56H42O2. The van der Waals surface area contributed by atoms with Crippen molar-refractivity contribution in [1.29, 1.82) is 0 Å². The lowest BCUT2D eigenvalue weighted by Gasteiger charge is -2.35. The number of fused-ring (bicyclic) bond motifs is 9. The third-order valence-corrected chi connectivity index (χ3v) is 13.2. The van der Waals surface area contributed by atoms with Gasteiger partial charge in [0.1, 0.15) is 22.5 Å². The number of furan rings is 2. The van der Waals surface area contributed by atoms with Gasteiger partial charge in [-0.2, -0.15) is 0 Å². The largest absolute Gasteiger partial charge is 0.460 e. The highest BCUT2D eigenvalue weighted by atomic mass is 16.3. The maximum absolute atomic E-state index is 6.77. The second-order valence-electron chi connectivity index (χ2n) is 16.5. The van der Waals surface area contributed by atoms with E-state index in [-0.39, 0.29) is 17.8 Å². The topological polar surface area (TPSA) is 26.3 Å². The van der Waals surface area contributed by atoms with Crippen LogP contribution in [0.5, 0.6) is 0 Å². The Labute approximate surface area is 338 Å². The molecular weight excluding hydrogens is 705 g/mol. The molecule has 58 heavy (non-hydrogen) atoms. The molecule has 0 aliphatic heterocycles. The fourth-order valence-electron chi connectivity index (χ4n) is 10.4. The van der Waals surface area contributed by atoms with Crippen molar-refractivity contribution in [3.8, 4) is 11.1 Å². The highest BCUT2D eigenvalue weighted by Crippen LogP contribution is 2.51. The number of para-hydroxylation sites is 1. The number of aryl methyl sites for hydroxylation is 1. The van der Waals surface area contributed by atoms with Gasteiger partial charge in [0.15, 0.2) is 0 Å². The van der Waals surface area contributed by atoms with Gasteiger partial charge in [-0.15, -0.1) is 0 Å². The van der Waals surface area contributed by atoms with Gasteiger partial charge >= 0.3 is 0 Å². The summed E-state index contributed by atoms with van der Waals surface area (Å²) in [4.78, 5) is 0. The first-order chi connectivity index (χ1) is 28.7. The molecule has 0 saturated heterocycles. The summed E-state index contributed by atoms with van der Waals surface area (Å²) in [5, 5.41) is 3.53. The van der Waals surface area contributed by atoms with E-state index in [0.717, 1.165) is 60.0 Å². The summed E-state index contributed by atoms with van der Waals surface area (Å²) >= 11 is 0. The fraction of sp³-hybridized carbons (Fsp3) is 0.143. The predicted octanol–water partition coefficient (Wildman–Crippen LogP) is 15.0. The Bertz CT molecular complexity index is 3090. The lowest BCUT2D eigenvalue weighted by molar-refractivity contribution is 0.468. The molecule has 2 aromatic heterocycles. The predicted molar refractivity (Wildman–Crippen MR) is 241 cm³/mol. The van der Waals surface area contributed by atoms with Crippen LogP contribution in [-0.4, -0.2) is 0 Å². The van der Waals surface area contributed by atoms with Crippen LogP contribution >= 0.6 is 0 Å². The summed E-state index contributed by atoms with van der Waals surface area (Å²) in [6, 6.07) is 39.6. The number of allylic oxidation sites excluding steroid dienone is 14. The van der Waals surface area contributed by atoms with Crippen molar-refractivity contribution in [3.63, 3.8) is 0 Å². The minimum absolute atomic E-state index is 0.138. The zero-order valence-electron chi connectivity index (χ0n) is 32.3. The summed E-state index contributed by atoms with van der Waals surface area (Å²) in [6.07, 6.45) is 31.3. The van der Waals surface area contributed by atoms with Crippen LogP contribution in [0, 0.1) is 11.8 Å². The first-order valence-corrected chi connectivity index (χ1v) is 20.9. The summed E-state index contributed by atoms with van der Waals surface area (Å²) < 4.78 is 13.2. The summed E-state index contributed by atoms with van der Waals surface area (Å²) in [5.41, 5.74) is 18.9. The molecule has 0 amide bonds. The molecule has 3 atom stereocenters. The van der Waals surface area contributed by atoms with E-state index in [2.05, 4.69) is 176 Å². The maximum Gasteiger partial charge on any atom is 0.136 e. The highest BCUT2D eigenvalue weighted by molar-refractivity contribution is 6.12. The van der Waals surface area contributed by atoms with Crippen molar-refractivity contribution in [2.24, 2.45) is 11.8 Å². The summed E-state index contributed by atoms with van der Waals surface area (Å²) in [6.45, 7) is 0. The Balaban J connectivity index is 1.02. The average Bonchev–Trinajstić information content (AvgIpc) is 3.87. The van der Waals surface area contributed by atoms with Crippen LogP contribution in [0.15, 0.2) is 189 Å². The van der Waals surface area contributed by atoms with Crippen LogP contribution in [-0.2, 0) is 6.42 Å². The monoisotopic (exact) mass is 746 g/mol. The van der Waals surface area contributed by atoms with Crippen LogP contribution in [0.1, 0.15) is 65.2 Å². The smallest absolute Gasteiger partial charge is 0.136 e. The third kappa shape index (κ3) is 5.54. The van der Waals surface area contributed by atoms with Crippen molar-refractivity contribution < 1.29 is 8.83 Å². The molecule has 0 fully saturated rings. The van der Waals surface area contributed by atoms with Gasteiger partial charge in [0.05, 0.1) is 0 Å². The van der Waals surface area contributed by atoms with Gasteiger partial charge in [0.25, 0.3) is 0 Å². The van der Waals surface area contributed by atoms with Gasteiger partial charge in [-0.3, -0.25) is 0 Å². The van der Waals surface area contributed by atoms with E-state index in [1.165, 1.54) is 77.6 Å². The van der Waals surface area contributed by atoms with E-state index in [1.807, 2.05) is 0 Å². The van der Waals surface area contributed by atoms with Gasteiger partial charge < -0.3 is 8.83 Å². The van der Waals surface area contributed by atoms with Gasteiger partial charge in [-0.1, -0.05) is 157 Å². The second kappa shape index (κ2) is 13.5. The molecule has 0 saturated carbocycles. The zero-order valence-corrected chi connectivity index (χ0v) is 32.3. The maximum atomic E-state index is 6.77.